The van der Waals surface area contributed by atoms with Crippen LogP contribution < -0.4 is 5.73 Å². The van der Waals surface area contributed by atoms with Gasteiger partial charge in [0.1, 0.15) is 5.84 Å². The van der Waals surface area contributed by atoms with Crippen LogP contribution in [0.1, 0.15) is 27.7 Å². The van der Waals surface area contributed by atoms with Crippen LogP contribution in [0.5, 0.6) is 0 Å². The summed E-state index contributed by atoms with van der Waals surface area (Å²) in [5.41, 5.74) is 6.31. The first-order chi connectivity index (χ1) is 5.22. The summed E-state index contributed by atoms with van der Waals surface area (Å²) in [6, 6.07) is 0. The van der Waals surface area contributed by atoms with Gasteiger partial charge in [-0.05, 0) is 19.4 Å². The van der Waals surface area contributed by atoms with Crippen LogP contribution in [0.4, 0.5) is 0 Å². The fourth-order valence-corrected chi connectivity index (χ4v) is 0.303. The zero-order valence-electron chi connectivity index (χ0n) is 7.76. The Balaban J connectivity index is 0. The van der Waals surface area contributed by atoms with E-state index >= 15 is 0 Å². The molecule has 0 aliphatic carbocycles. The molecule has 0 atom stereocenters. The monoisotopic (exact) mass is 155 g/mol. The van der Waals surface area contributed by atoms with Crippen molar-refractivity contribution in [1.29, 1.82) is 0 Å². The summed E-state index contributed by atoms with van der Waals surface area (Å²) >= 11 is 0. The lowest BCUT2D eigenvalue weighted by molar-refractivity contribution is 1.23. The Kier molecular flexibility index (Phi) is 10.1. The molecule has 0 fully saturated rings. The average Bonchev–Trinajstić information content (AvgIpc) is 2.07. The SMILES string of the molecule is C=N/N=C(N)\C(C)=C/C.CC. The van der Waals surface area contributed by atoms with Gasteiger partial charge in [0.05, 0.1) is 0 Å². The molecule has 2 N–H and O–H groups in total. The van der Waals surface area contributed by atoms with Gasteiger partial charge in [-0.2, -0.15) is 5.10 Å². The third-order valence-electron chi connectivity index (χ3n) is 1.02. The second kappa shape index (κ2) is 8.88. The maximum atomic E-state index is 5.39. The summed E-state index contributed by atoms with van der Waals surface area (Å²) in [4.78, 5) is 0. The molecule has 64 valence electrons. The van der Waals surface area contributed by atoms with Crippen molar-refractivity contribution in [2.24, 2.45) is 15.9 Å². The zero-order chi connectivity index (χ0) is 9.28. The molecule has 0 saturated heterocycles. The number of hydrogen-bond donors (Lipinski definition) is 1. The van der Waals surface area contributed by atoms with Crippen LogP contribution in [0.2, 0.25) is 0 Å². The normalized spacial score (nSPS) is 11.6. The first-order valence-corrected chi connectivity index (χ1v) is 3.64. The molecule has 0 aliphatic rings. The molecule has 0 radical (unpaired) electrons. The highest BCUT2D eigenvalue weighted by Crippen LogP contribution is 1.90. The first-order valence-electron chi connectivity index (χ1n) is 3.64. The predicted octanol–water partition coefficient (Wildman–Crippen LogP) is 1.95. The van der Waals surface area contributed by atoms with Gasteiger partial charge in [0, 0.05) is 6.72 Å². The highest BCUT2D eigenvalue weighted by Gasteiger charge is 1.89. The summed E-state index contributed by atoms with van der Waals surface area (Å²) in [7, 11) is 0. The summed E-state index contributed by atoms with van der Waals surface area (Å²) in [5.74, 6) is 0.424. The van der Waals surface area contributed by atoms with Crippen LogP contribution >= 0.6 is 0 Å². The van der Waals surface area contributed by atoms with Gasteiger partial charge < -0.3 is 5.73 Å². The van der Waals surface area contributed by atoms with E-state index in [9.17, 15) is 0 Å². The van der Waals surface area contributed by atoms with E-state index in [0.29, 0.717) is 5.84 Å². The van der Waals surface area contributed by atoms with E-state index < -0.39 is 0 Å². The molecular formula is C8H17N3. The van der Waals surface area contributed by atoms with Crippen molar-refractivity contribution in [3.63, 3.8) is 0 Å². The van der Waals surface area contributed by atoms with Crippen LogP contribution in [0.25, 0.3) is 0 Å². The maximum Gasteiger partial charge on any atom is 0.148 e. The Morgan fingerprint density at radius 3 is 2.18 bits per heavy atom. The molecule has 0 spiro atoms. The van der Waals surface area contributed by atoms with E-state index in [1.165, 1.54) is 0 Å². The molecule has 0 bridgehead atoms. The minimum absolute atomic E-state index is 0.424. The largest absolute Gasteiger partial charge is 0.382 e. The molecule has 0 saturated carbocycles. The van der Waals surface area contributed by atoms with Crippen molar-refractivity contribution < 1.29 is 0 Å². The second-order valence-corrected chi connectivity index (χ2v) is 1.60. The minimum atomic E-state index is 0.424. The standard InChI is InChI=1S/C6H11N3.C2H6/c1-4-5(2)6(7)9-8-3;1-2/h4H,3H2,1-2H3,(H2,7,9);1-2H3/b5-4-;. The third kappa shape index (κ3) is 6.77. The molecule has 0 heterocycles. The first kappa shape index (κ1) is 12.5. The Bertz CT molecular complexity index is 157. The van der Waals surface area contributed by atoms with Gasteiger partial charge in [0.15, 0.2) is 0 Å². The molecule has 3 heteroatoms. The second-order valence-electron chi connectivity index (χ2n) is 1.60. The topological polar surface area (TPSA) is 50.7 Å². The van der Waals surface area contributed by atoms with E-state index in [0.717, 1.165) is 5.57 Å². The Morgan fingerprint density at radius 1 is 1.45 bits per heavy atom. The maximum absolute atomic E-state index is 5.39. The van der Waals surface area contributed by atoms with Crippen LogP contribution in [0.3, 0.4) is 0 Å². The van der Waals surface area contributed by atoms with Crippen LogP contribution in [0.15, 0.2) is 21.9 Å². The molecule has 0 aromatic heterocycles. The number of amidine groups is 1. The minimum Gasteiger partial charge on any atom is -0.382 e. The number of nitrogens with zero attached hydrogens (tertiary/aromatic N) is 2. The molecule has 0 rings (SSSR count). The van der Waals surface area contributed by atoms with Crippen molar-refractivity contribution in [2.75, 3.05) is 0 Å². The molecular weight excluding hydrogens is 138 g/mol. The van der Waals surface area contributed by atoms with Gasteiger partial charge in [-0.1, -0.05) is 19.9 Å². The highest BCUT2D eigenvalue weighted by molar-refractivity contribution is 5.96. The van der Waals surface area contributed by atoms with Gasteiger partial charge in [-0.3, -0.25) is 0 Å². The van der Waals surface area contributed by atoms with Crippen molar-refractivity contribution in [3.05, 3.63) is 11.6 Å². The van der Waals surface area contributed by atoms with Gasteiger partial charge in [-0.25, -0.2) is 0 Å². The summed E-state index contributed by atoms with van der Waals surface area (Å²) in [6.07, 6.45) is 1.87. The number of rotatable bonds is 2. The quantitative estimate of drug-likeness (QED) is 0.370. The number of hydrogen-bond acceptors (Lipinski definition) is 2. The Hall–Kier alpha value is -1.12. The fraction of sp³-hybridized carbons (Fsp3) is 0.500. The van der Waals surface area contributed by atoms with E-state index in [1.54, 1.807) is 0 Å². The van der Waals surface area contributed by atoms with Crippen LogP contribution in [-0.2, 0) is 0 Å². The fourth-order valence-electron chi connectivity index (χ4n) is 0.303. The molecule has 3 nitrogen and oxygen atoms in total. The van der Waals surface area contributed by atoms with Gasteiger partial charge in [-0.15, -0.1) is 5.10 Å². The van der Waals surface area contributed by atoms with Crippen molar-refractivity contribution >= 4 is 12.6 Å². The van der Waals surface area contributed by atoms with E-state index in [-0.39, 0.29) is 0 Å². The van der Waals surface area contributed by atoms with Crippen LogP contribution in [-0.4, -0.2) is 12.6 Å². The molecule has 0 aromatic rings. The molecule has 11 heavy (non-hydrogen) atoms. The molecule has 0 amide bonds. The van der Waals surface area contributed by atoms with E-state index in [4.69, 9.17) is 5.73 Å². The van der Waals surface area contributed by atoms with Gasteiger partial charge >= 0.3 is 0 Å². The predicted molar refractivity (Wildman–Crippen MR) is 52.0 cm³/mol. The smallest absolute Gasteiger partial charge is 0.148 e. The molecule has 0 aromatic carbocycles. The summed E-state index contributed by atoms with van der Waals surface area (Å²) in [5, 5.41) is 6.81. The van der Waals surface area contributed by atoms with Crippen LogP contribution in [0, 0.1) is 0 Å². The molecule has 0 aliphatic heterocycles. The summed E-state index contributed by atoms with van der Waals surface area (Å²) < 4.78 is 0. The van der Waals surface area contributed by atoms with E-state index in [2.05, 4.69) is 16.9 Å². The lowest BCUT2D eigenvalue weighted by Crippen LogP contribution is -2.11. The Morgan fingerprint density at radius 2 is 1.91 bits per heavy atom. The summed E-state index contributed by atoms with van der Waals surface area (Å²) in [6.45, 7) is 10.9. The van der Waals surface area contributed by atoms with Crippen molar-refractivity contribution in [1.82, 2.24) is 0 Å². The van der Waals surface area contributed by atoms with Crippen molar-refractivity contribution in [2.45, 2.75) is 27.7 Å². The number of allylic oxidation sites excluding steroid dienone is 1. The third-order valence-corrected chi connectivity index (χ3v) is 1.02. The lowest BCUT2D eigenvalue weighted by atomic mass is 10.3. The zero-order valence-corrected chi connectivity index (χ0v) is 7.76. The van der Waals surface area contributed by atoms with Gasteiger partial charge in [0.2, 0.25) is 0 Å². The molecule has 0 unspecified atom stereocenters. The van der Waals surface area contributed by atoms with E-state index in [1.807, 2.05) is 33.8 Å². The lowest BCUT2D eigenvalue weighted by Gasteiger charge is -1.93. The average molecular weight is 155 g/mol. The van der Waals surface area contributed by atoms with Gasteiger partial charge in [0.25, 0.3) is 0 Å². The number of nitrogens with two attached hydrogens (primary N) is 1. The highest BCUT2D eigenvalue weighted by atomic mass is 15.2. The van der Waals surface area contributed by atoms with Crippen molar-refractivity contribution in [3.8, 4) is 0 Å². The Labute approximate surface area is 68.7 Å².